The van der Waals surface area contributed by atoms with Gasteiger partial charge >= 0.3 is 0 Å². The number of anilines is 2. The first-order chi connectivity index (χ1) is 14.7. The van der Waals surface area contributed by atoms with E-state index < -0.39 is 0 Å². The maximum atomic E-state index is 10.4. The molecule has 0 aliphatic heterocycles. The first kappa shape index (κ1) is 20.1. The van der Waals surface area contributed by atoms with Gasteiger partial charge in [-0.05, 0) is 60.2 Å². The van der Waals surface area contributed by atoms with Gasteiger partial charge in [0, 0.05) is 32.3 Å². The van der Waals surface area contributed by atoms with E-state index >= 15 is 0 Å². The zero-order chi connectivity index (χ0) is 20.8. The SMILES string of the molecule is O=NCc1ccc(Nc2nccc(-c3ccc(Sc4ccc(Cl)cc4)cc3)n2)cc1. The van der Waals surface area contributed by atoms with Gasteiger partial charge in [-0.15, -0.1) is 0 Å². The second-order valence-electron chi connectivity index (χ2n) is 6.45. The third kappa shape index (κ3) is 5.23. The van der Waals surface area contributed by atoms with Gasteiger partial charge in [0.25, 0.3) is 0 Å². The van der Waals surface area contributed by atoms with E-state index in [1.165, 1.54) is 0 Å². The molecular weight excluding hydrogens is 416 g/mol. The number of rotatable bonds is 7. The molecule has 0 saturated heterocycles. The fraction of sp³-hybridized carbons (Fsp3) is 0.0435. The van der Waals surface area contributed by atoms with E-state index in [0.29, 0.717) is 5.95 Å². The summed E-state index contributed by atoms with van der Waals surface area (Å²) in [6.45, 7) is 0.165. The number of aromatic nitrogens is 2. The predicted molar refractivity (Wildman–Crippen MR) is 122 cm³/mol. The van der Waals surface area contributed by atoms with Gasteiger partial charge in [-0.3, -0.25) is 0 Å². The number of nitrogens with one attached hydrogen (secondary N) is 1. The minimum absolute atomic E-state index is 0.165. The van der Waals surface area contributed by atoms with Crippen LogP contribution >= 0.6 is 23.4 Å². The Balaban J connectivity index is 1.46. The molecule has 0 aliphatic carbocycles. The molecule has 7 heteroatoms. The molecule has 1 aromatic heterocycles. The average Bonchev–Trinajstić information content (AvgIpc) is 2.78. The van der Waals surface area contributed by atoms with Crippen molar-refractivity contribution < 1.29 is 0 Å². The van der Waals surface area contributed by atoms with Gasteiger partial charge in [0.15, 0.2) is 0 Å². The van der Waals surface area contributed by atoms with Crippen LogP contribution in [0, 0.1) is 4.91 Å². The number of nitroso groups, excluding NO2 is 1. The van der Waals surface area contributed by atoms with Crippen LogP contribution in [-0.4, -0.2) is 9.97 Å². The monoisotopic (exact) mass is 432 g/mol. The summed E-state index contributed by atoms with van der Waals surface area (Å²) in [4.78, 5) is 21.5. The highest BCUT2D eigenvalue weighted by molar-refractivity contribution is 7.99. The maximum absolute atomic E-state index is 10.4. The molecule has 4 rings (SSSR count). The van der Waals surface area contributed by atoms with Crippen molar-refractivity contribution in [1.29, 1.82) is 0 Å². The topological polar surface area (TPSA) is 67.2 Å². The third-order valence-electron chi connectivity index (χ3n) is 4.31. The van der Waals surface area contributed by atoms with Crippen molar-refractivity contribution >= 4 is 35.0 Å². The highest BCUT2D eigenvalue weighted by atomic mass is 35.5. The standard InChI is InChI=1S/C23H17ClN4OS/c24-18-5-11-21(12-6-18)30-20-9-3-17(4-10-20)22-13-14-25-23(28-22)27-19-7-1-16(2-8-19)15-26-29/h1-14H,15H2,(H,25,27,28). The molecule has 0 aliphatic rings. The van der Waals surface area contributed by atoms with Crippen molar-refractivity contribution in [3.8, 4) is 11.3 Å². The van der Waals surface area contributed by atoms with E-state index in [4.69, 9.17) is 11.6 Å². The fourth-order valence-corrected chi connectivity index (χ4v) is 3.75. The molecule has 0 radical (unpaired) electrons. The fourth-order valence-electron chi connectivity index (χ4n) is 2.81. The summed E-state index contributed by atoms with van der Waals surface area (Å²) in [5, 5.41) is 6.82. The summed E-state index contributed by atoms with van der Waals surface area (Å²) in [6, 6.07) is 25.4. The molecule has 1 heterocycles. The molecule has 30 heavy (non-hydrogen) atoms. The van der Waals surface area contributed by atoms with Crippen molar-refractivity contribution in [2.45, 2.75) is 16.3 Å². The molecule has 148 valence electrons. The lowest BCUT2D eigenvalue weighted by atomic mass is 10.1. The molecule has 0 fully saturated rings. The summed E-state index contributed by atoms with van der Waals surface area (Å²) in [5.74, 6) is 0.508. The molecular formula is C23H17ClN4OS. The summed E-state index contributed by atoms with van der Waals surface area (Å²) in [6.07, 6.45) is 1.73. The largest absolute Gasteiger partial charge is 0.324 e. The lowest BCUT2D eigenvalue weighted by molar-refractivity contribution is 1.05. The molecule has 0 unspecified atom stereocenters. The Labute approximate surface area is 183 Å². The van der Waals surface area contributed by atoms with Crippen LogP contribution in [0.4, 0.5) is 11.6 Å². The highest BCUT2D eigenvalue weighted by Crippen LogP contribution is 2.30. The van der Waals surface area contributed by atoms with Gasteiger partial charge in [0.2, 0.25) is 5.95 Å². The second kappa shape index (κ2) is 9.52. The van der Waals surface area contributed by atoms with E-state index in [1.54, 1.807) is 18.0 Å². The van der Waals surface area contributed by atoms with Gasteiger partial charge in [-0.2, -0.15) is 4.91 Å². The molecule has 5 nitrogen and oxygen atoms in total. The Morgan fingerprint density at radius 1 is 0.867 bits per heavy atom. The van der Waals surface area contributed by atoms with E-state index in [-0.39, 0.29) is 6.54 Å². The zero-order valence-electron chi connectivity index (χ0n) is 15.8. The summed E-state index contributed by atoms with van der Waals surface area (Å²) >= 11 is 7.62. The van der Waals surface area contributed by atoms with Crippen LogP contribution in [-0.2, 0) is 6.54 Å². The molecule has 0 amide bonds. The predicted octanol–water partition coefficient (Wildman–Crippen LogP) is 6.96. The lowest BCUT2D eigenvalue weighted by Crippen LogP contribution is -1.98. The number of hydrogen-bond donors (Lipinski definition) is 1. The third-order valence-corrected chi connectivity index (χ3v) is 5.58. The molecule has 4 aromatic rings. The molecule has 0 spiro atoms. The van der Waals surface area contributed by atoms with E-state index in [2.05, 4.69) is 32.6 Å². The van der Waals surface area contributed by atoms with Crippen molar-refractivity contribution in [1.82, 2.24) is 9.97 Å². The van der Waals surface area contributed by atoms with Crippen LogP contribution in [0.15, 0.2) is 100 Å². The van der Waals surface area contributed by atoms with E-state index in [1.807, 2.05) is 66.7 Å². The first-order valence-electron chi connectivity index (χ1n) is 9.21. The molecule has 1 N–H and O–H groups in total. The maximum Gasteiger partial charge on any atom is 0.227 e. The van der Waals surface area contributed by atoms with Crippen molar-refractivity contribution in [2.24, 2.45) is 5.18 Å². The normalized spacial score (nSPS) is 10.6. The smallest absolute Gasteiger partial charge is 0.227 e. The van der Waals surface area contributed by atoms with Crippen LogP contribution in [0.1, 0.15) is 5.56 Å². The van der Waals surface area contributed by atoms with Crippen LogP contribution in [0.3, 0.4) is 0 Å². The molecule has 3 aromatic carbocycles. The van der Waals surface area contributed by atoms with Crippen molar-refractivity contribution in [2.75, 3.05) is 5.32 Å². The van der Waals surface area contributed by atoms with Crippen LogP contribution in [0.2, 0.25) is 5.02 Å². The van der Waals surface area contributed by atoms with Gasteiger partial charge < -0.3 is 5.32 Å². The lowest BCUT2D eigenvalue weighted by Gasteiger charge is -2.08. The minimum Gasteiger partial charge on any atom is -0.324 e. The Hall–Kier alpha value is -3.22. The van der Waals surface area contributed by atoms with E-state index in [9.17, 15) is 4.91 Å². The van der Waals surface area contributed by atoms with Gasteiger partial charge in [-0.1, -0.05) is 52.8 Å². The zero-order valence-corrected chi connectivity index (χ0v) is 17.4. The summed E-state index contributed by atoms with van der Waals surface area (Å²) < 4.78 is 0. The first-order valence-corrected chi connectivity index (χ1v) is 10.4. The minimum atomic E-state index is 0.165. The molecule has 0 atom stereocenters. The number of nitrogens with zero attached hydrogens (tertiary/aromatic N) is 3. The highest BCUT2D eigenvalue weighted by Gasteiger charge is 2.05. The van der Waals surface area contributed by atoms with Crippen LogP contribution < -0.4 is 5.32 Å². The quantitative estimate of drug-likeness (QED) is 0.320. The van der Waals surface area contributed by atoms with Crippen LogP contribution in [0.25, 0.3) is 11.3 Å². The average molecular weight is 433 g/mol. The second-order valence-corrected chi connectivity index (χ2v) is 8.04. The van der Waals surface area contributed by atoms with E-state index in [0.717, 1.165) is 37.3 Å². The Kier molecular flexibility index (Phi) is 6.37. The Morgan fingerprint density at radius 3 is 2.20 bits per heavy atom. The van der Waals surface area contributed by atoms with Crippen molar-refractivity contribution in [3.05, 3.63) is 101 Å². The number of halogens is 1. The van der Waals surface area contributed by atoms with Gasteiger partial charge in [0.05, 0.1) is 5.69 Å². The molecule has 0 saturated carbocycles. The summed E-state index contributed by atoms with van der Waals surface area (Å²) in [5.41, 5.74) is 3.55. The summed E-state index contributed by atoms with van der Waals surface area (Å²) in [7, 11) is 0. The van der Waals surface area contributed by atoms with Crippen LogP contribution in [0.5, 0.6) is 0 Å². The Morgan fingerprint density at radius 2 is 1.53 bits per heavy atom. The molecule has 0 bridgehead atoms. The van der Waals surface area contributed by atoms with Gasteiger partial charge in [0.1, 0.15) is 6.54 Å². The van der Waals surface area contributed by atoms with Crippen molar-refractivity contribution in [3.63, 3.8) is 0 Å². The Bertz CT molecular complexity index is 1130. The number of benzene rings is 3. The number of hydrogen-bond acceptors (Lipinski definition) is 6. The van der Waals surface area contributed by atoms with Gasteiger partial charge in [-0.25, -0.2) is 9.97 Å².